The molecular formula is C12H15ClN2O2. The van der Waals surface area contributed by atoms with E-state index in [2.05, 4.69) is 10.6 Å². The van der Waals surface area contributed by atoms with Crippen LogP contribution in [0.3, 0.4) is 0 Å². The maximum absolute atomic E-state index is 10.9. The van der Waals surface area contributed by atoms with Gasteiger partial charge in [0.2, 0.25) is 0 Å². The number of carbonyl (C=O) groups is 1. The Kier molecular flexibility index (Phi) is 3.86. The van der Waals surface area contributed by atoms with E-state index in [1.807, 2.05) is 0 Å². The maximum atomic E-state index is 10.9. The lowest BCUT2D eigenvalue weighted by Crippen LogP contribution is -2.29. The van der Waals surface area contributed by atoms with Crippen LogP contribution in [0.5, 0.6) is 0 Å². The van der Waals surface area contributed by atoms with Crippen molar-refractivity contribution in [3.05, 3.63) is 28.8 Å². The first-order valence-corrected chi connectivity index (χ1v) is 6.04. The number of rotatable bonds is 4. The van der Waals surface area contributed by atoms with Gasteiger partial charge in [0.05, 0.1) is 10.6 Å². The highest BCUT2D eigenvalue weighted by Gasteiger charge is 2.14. The molecule has 1 heterocycles. The van der Waals surface area contributed by atoms with Crippen molar-refractivity contribution < 1.29 is 9.90 Å². The van der Waals surface area contributed by atoms with E-state index in [0.717, 1.165) is 25.2 Å². The lowest BCUT2D eigenvalue weighted by molar-refractivity contribution is 0.0697. The molecule has 92 valence electrons. The Morgan fingerprint density at radius 3 is 3.06 bits per heavy atom. The van der Waals surface area contributed by atoms with E-state index in [9.17, 15) is 4.79 Å². The minimum Gasteiger partial charge on any atom is -0.478 e. The molecule has 1 aliphatic rings. The first kappa shape index (κ1) is 12.2. The minimum absolute atomic E-state index is 0.135. The van der Waals surface area contributed by atoms with Gasteiger partial charge >= 0.3 is 5.97 Å². The number of anilines is 1. The summed E-state index contributed by atoms with van der Waals surface area (Å²) in [5, 5.41) is 15.8. The normalized spacial score (nSPS) is 19.2. The minimum atomic E-state index is -1.00. The van der Waals surface area contributed by atoms with Gasteiger partial charge in [0.1, 0.15) is 0 Å². The molecule has 2 rings (SSSR count). The summed E-state index contributed by atoms with van der Waals surface area (Å²) in [5.41, 5.74) is 0.927. The number of benzene rings is 1. The SMILES string of the molecule is O=C(O)c1cc(NCC2CCCN2)ccc1Cl. The number of nitrogens with one attached hydrogen (secondary N) is 2. The molecule has 1 aromatic carbocycles. The van der Waals surface area contributed by atoms with E-state index < -0.39 is 5.97 Å². The fraction of sp³-hybridized carbons (Fsp3) is 0.417. The van der Waals surface area contributed by atoms with Crippen LogP contribution in [0.15, 0.2) is 18.2 Å². The highest BCUT2D eigenvalue weighted by molar-refractivity contribution is 6.33. The van der Waals surface area contributed by atoms with Crippen LogP contribution in [0.2, 0.25) is 5.02 Å². The van der Waals surface area contributed by atoms with Crippen molar-refractivity contribution in [1.82, 2.24) is 5.32 Å². The van der Waals surface area contributed by atoms with Crippen LogP contribution in [0, 0.1) is 0 Å². The van der Waals surface area contributed by atoms with E-state index in [-0.39, 0.29) is 10.6 Å². The predicted molar refractivity (Wildman–Crippen MR) is 67.9 cm³/mol. The monoisotopic (exact) mass is 254 g/mol. The van der Waals surface area contributed by atoms with Gasteiger partial charge in [-0.05, 0) is 37.6 Å². The lowest BCUT2D eigenvalue weighted by atomic mass is 10.2. The van der Waals surface area contributed by atoms with Gasteiger partial charge in [0, 0.05) is 18.3 Å². The van der Waals surface area contributed by atoms with Crippen LogP contribution in [0.4, 0.5) is 5.69 Å². The number of hydrogen-bond acceptors (Lipinski definition) is 3. The van der Waals surface area contributed by atoms with Crippen molar-refractivity contribution in [2.75, 3.05) is 18.4 Å². The zero-order valence-electron chi connectivity index (χ0n) is 9.37. The Hall–Kier alpha value is -1.26. The Labute approximate surface area is 105 Å². The molecule has 1 saturated heterocycles. The van der Waals surface area contributed by atoms with E-state index in [1.165, 1.54) is 6.42 Å². The van der Waals surface area contributed by atoms with Gasteiger partial charge in [0.25, 0.3) is 0 Å². The second-order valence-corrected chi connectivity index (χ2v) is 4.58. The Bertz CT molecular complexity index is 417. The molecule has 5 heteroatoms. The standard InChI is InChI=1S/C12H15ClN2O2/c13-11-4-3-8(6-10(11)12(16)17)15-7-9-2-1-5-14-9/h3-4,6,9,14-15H,1-2,5,7H2,(H,16,17). The first-order valence-electron chi connectivity index (χ1n) is 5.67. The Morgan fingerprint density at radius 1 is 1.59 bits per heavy atom. The molecule has 1 fully saturated rings. The van der Waals surface area contributed by atoms with Gasteiger partial charge in [-0.1, -0.05) is 11.6 Å². The summed E-state index contributed by atoms with van der Waals surface area (Å²) in [5.74, 6) is -1.00. The van der Waals surface area contributed by atoms with Crippen LogP contribution in [-0.4, -0.2) is 30.2 Å². The summed E-state index contributed by atoms with van der Waals surface area (Å²) in [6.07, 6.45) is 2.36. The van der Waals surface area contributed by atoms with E-state index >= 15 is 0 Å². The van der Waals surface area contributed by atoms with Crippen LogP contribution in [0.1, 0.15) is 23.2 Å². The molecule has 0 amide bonds. The Balaban J connectivity index is 2.00. The fourth-order valence-electron chi connectivity index (χ4n) is 1.97. The number of aromatic carboxylic acids is 1. The largest absolute Gasteiger partial charge is 0.478 e. The van der Waals surface area contributed by atoms with Gasteiger partial charge < -0.3 is 15.7 Å². The number of carboxylic acids is 1. The molecule has 3 N–H and O–H groups in total. The molecule has 1 unspecified atom stereocenters. The third kappa shape index (κ3) is 3.11. The quantitative estimate of drug-likeness (QED) is 0.771. The molecule has 1 aromatic rings. The third-order valence-corrected chi connectivity index (χ3v) is 3.24. The number of carboxylic acid groups (broad SMARTS) is 1. The average molecular weight is 255 g/mol. The van der Waals surface area contributed by atoms with Gasteiger partial charge in [-0.15, -0.1) is 0 Å². The molecule has 1 atom stereocenters. The summed E-state index contributed by atoms with van der Waals surface area (Å²) in [6.45, 7) is 1.87. The molecule has 0 aromatic heterocycles. The molecule has 0 spiro atoms. The second-order valence-electron chi connectivity index (χ2n) is 4.17. The van der Waals surface area contributed by atoms with Crippen molar-refractivity contribution in [2.45, 2.75) is 18.9 Å². The summed E-state index contributed by atoms with van der Waals surface area (Å²) in [6, 6.07) is 5.44. The molecule has 4 nitrogen and oxygen atoms in total. The number of hydrogen-bond donors (Lipinski definition) is 3. The van der Waals surface area contributed by atoms with E-state index in [1.54, 1.807) is 18.2 Å². The predicted octanol–water partition coefficient (Wildman–Crippen LogP) is 2.20. The van der Waals surface area contributed by atoms with Crippen molar-refractivity contribution >= 4 is 23.3 Å². The highest BCUT2D eigenvalue weighted by atomic mass is 35.5. The van der Waals surface area contributed by atoms with Crippen molar-refractivity contribution in [3.63, 3.8) is 0 Å². The molecule has 0 saturated carbocycles. The van der Waals surface area contributed by atoms with Crippen LogP contribution in [0.25, 0.3) is 0 Å². The second kappa shape index (κ2) is 5.38. The van der Waals surface area contributed by atoms with Gasteiger partial charge in [-0.2, -0.15) is 0 Å². The van der Waals surface area contributed by atoms with Crippen LogP contribution >= 0.6 is 11.6 Å². The fourth-order valence-corrected chi connectivity index (χ4v) is 2.17. The summed E-state index contributed by atoms with van der Waals surface area (Å²) in [4.78, 5) is 10.9. The van der Waals surface area contributed by atoms with Crippen LogP contribution < -0.4 is 10.6 Å². The molecule has 0 aliphatic carbocycles. The molecule has 0 radical (unpaired) electrons. The van der Waals surface area contributed by atoms with Crippen molar-refractivity contribution in [3.8, 4) is 0 Å². The van der Waals surface area contributed by atoms with Crippen molar-refractivity contribution in [2.24, 2.45) is 0 Å². The average Bonchev–Trinajstić information content (AvgIpc) is 2.80. The smallest absolute Gasteiger partial charge is 0.337 e. The number of halogens is 1. The van der Waals surface area contributed by atoms with Crippen LogP contribution in [-0.2, 0) is 0 Å². The molecular weight excluding hydrogens is 240 g/mol. The first-order chi connectivity index (χ1) is 8.16. The summed E-state index contributed by atoms with van der Waals surface area (Å²) < 4.78 is 0. The highest BCUT2D eigenvalue weighted by Crippen LogP contribution is 2.20. The summed E-state index contributed by atoms with van der Waals surface area (Å²) in [7, 11) is 0. The van der Waals surface area contributed by atoms with E-state index in [0.29, 0.717) is 6.04 Å². The van der Waals surface area contributed by atoms with Gasteiger partial charge in [0.15, 0.2) is 0 Å². The van der Waals surface area contributed by atoms with Gasteiger partial charge in [-0.25, -0.2) is 4.79 Å². The molecule has 17 heavy (non-hydrogen) atoms. The van der Waals surface area contributed by atoms with Gasteiger partial charge in [-0.3, -0.25) is 0 Å². The van der Waals surface area contributed by atoms with E-state index in [4.69, 9.17) is 16.7 Å². The topological polar surface area (TPSA) is 61.4 Å². The maximum Gasteiger partial charge on any atom is 0.337 e. The molecule has 1 aliphatic heterocycles. The zero-order chi connectivity index (χ0) is 12.3. The molecule has 0 bridgehead atoms. The zero-order valence-corrected chi connectivity index (χ0v) is 10.1. The summed E-state index contributed by atoms with van der Waals surface area (Å²) >= 11 is 5.80. The lowest BCUT2D eigenvalue weighted by Gasteiger charge is -2.13. The van der Waals surface area contributed by atoms with Crippen molar-refractivity contribution in [1.29, 1.82) is 0 Å². The third-order valence-electron chi connectivity index (χ3n) is 2.91. The Morgan fingerprint density at radius 2 is 2.41 bits per heavy atom.